The molecule has 0 atom stereocenters. The lowest BCUT2D eigenvalue weighted by atomic mass is 9.95. The summed E-state index contributed by atoms with van der Waals surface area (Å²) >= 11 is 3.84. The molecule has 38 heavy (non-hydrogen) atoms. The van der Waals surface area contributed by atoms with Crippen LogP contribution in [0.4, 0.5) is 0 Å². The number of hydrogen-bond donors (Lipinski definition) is 0. The van der Waals surface area contributed by atoms with E-state index in [-0.39, 0.29) is 0 Å². The first-order valence-corrected chi connectivity index (χ1v) is 14.5. The molecule has 0 aliphatic rings. The Morgan fingerprint density at radius 1 is 0.342 bits per heavy atom. The van der Waals surface area contributed by atoms with Gasteiger partial charge in [-0.2, -0.15) is 0 Å². The third-order valence-corrected chi connectivity index (χ3v) is 10.0. The molecule has 0 spiro atoms. The summed E-state index contributed by atoms with van der Waals surface area (Å²) in [6.07, 6.45) is 0. The lowest BCUT2D eigenvalue weighted by Crippen LogP contribution is -1.83. The van der Waals surface area contributed by atoms with Crippen LogP contribution in [0.25, 0.3) is 73.7 Å². The molecular formula is C36H22S2. The average molecular weight is 519 g/mol. The summed E-state index contributed by atoms with van der Waals surface area (Å²) in [5.74, 6) is 0. The molecule has 0 aliphatic carbocycles. The van der Waals surface area contributed by atoms with E-state index < -0.39 is 0 Å². The van der Waals surface area contributed by atoms with Crippen LogP contribution in [0.2, 0.25) is 0 Å². The summed E-state index contributed by atoms with van der Waals surface area (Å²) < 4.78 is 5.52. The number of thiophene rings is 2. The SMILES string of the molecule is c1ccc(-c2cccc(-c3ccc(-c4cccc5sc6c(ccc7c8ccccc8sc76)c45)cc3)c2)cc1. The van der Waals surface area contributed by atoms with Gasteiger partial charge in [-0.3, -0.25) is 0 Å². The molecule has 0 unspecified atom stereocenters. The van der Waals surface area contributed by atoms with Gasteiger partial charge in [-0.05, 0) is 51.6 Å². The quantitative estimate of drug-likeness (QED) is 0.218. The summed E-state index contributed by atoms with van der Waals surface area (Å²) in [4.78, 5) is 0. The molecule has 0 nitrogen and oxygen atoms in total. The second-order valence-electron chi connectivity index (χ2n) is 9.72. The van der Waals surface area contributed by atoms with Gasteiger partial charge in [0, 0.05) is 30.9 Å². The molecule has 0 fully saturated rings. The summed E-state index contributed by atoms with van der Waals surface area (Å²) in [6, 6.07) is 48.7. The number of hydrogen-bond acceptors (Lipinski definition) is 2. The molecule has 2 heterocycles. The minimum absolute atomic E-state index is 1.24. The molecule has 0 radical (unpaired) electrons. The molecule has 178 valence electrons. The largest absolute Gasteiger partial charge is 0.134 e. The Labute approximate surface area is 229 Å². The fraction of sp³-hybridized carbons (Fsp3) is 0. The highest BCUT2D eigenvalue weighted by molar-refractivity contribution is 7.33. The fourth-order valence-electron chi connectivity index (χ4n) is 5.66. The molecule has 0 saturated carbocycles. The smallest absolute Gasteiger partial charge is 0.0534 e. The summed E-state index contributed by atoms with van der Waals surface area (Å²) in [7, 11) is 0. The van der Waals surface area contributed by atoms with Crippen LogP contribution in [0.1, 0.15) is 0 Å². The third kappa shape index (κ3) is 3.42. The standard InChI is InChI=1S/C36H22S2/c1-2-8-23(9-3-1)26-10-6-11-27(22-26)24-16-18-25(19-17-24)28-13-7-15-33-34(28)31-21-20-30-29-12-4-5-14-32(29)37-35(30)36(31)38-33/h1-22H. The molecular weight excluding hydrogens is 497 g/mol. The molecule has 0 saturated heterocycles. The third-order valence-electron chi connectivity index (χ3n) is 7.51. The van der Waals surface area contributed by atoms with Crippen LogP contribution in [-0.4, -0.2) is 0 Å². The average Bonchev–Trinajstić information content (AvgIpc) is 3.56. The molecule has 0 bridgehead atoms. The predicted molar refractivity (Wildman–Crippen MR) is 169 cm³/mol. The zero-order valence-electron chi connectivity index (χ0n) is 20.5. The second kappa shape index (κ2) is 8.66. The summed E-state index contributed by atoms with van der Waals surface area (Å²) in [5, 5.41) is 5.46. The molecule has 8 rings (SSSR count). The number of fused-ring (bicyclic) bond motifs is 7. The summed E-state index contributed by atoms with van der Waals surface area (Å²) in [6.45, 7) is 0. The van der Waals surface area contributed by atoms with E-state index in [4.69, 9.17) is 0 Å². The number of rotatable bonds is 3. The van der Waals surface area contributed by atoms with Gasteiger partial charge in [0.25, 0.3) is 0 Å². The topological polar surface area (TPSA) is 0 Å². The van der Waals surface area contributed by atoms with Gasteiger partial charge in [-0.1, -0.05) is 115 Å². The van der Waals surface area contributed by atoms with Crippen molar-refractivity contribution >= 4 is 63.0 Å². The van der Waals surface area contributed by atoms with Crippen molar-refractivity contribution in [1.29, 1.82) is 0 Å². The number of benzene rings is 6. The van der Waals surface area contributed by atoms with E-state index >= 15 is 0 Å². The van der Waals surface area contributed by atoms with Gasteiger partial charge in [0.1, 0.15) is 0 Å². The highest BCUT2D eigenvalue weighted by Gasteiger charge is 2.15. The second-order valence-corrected chi connectivity index (χ2v) is 11.8. The van der Waals surface area contributed by atoms with Gasteiger partial charge < -0.3 is 0 Å². The van der Waals surface area contributed by atoms with Crippen LogP contribution in [0.15, 0.2) is 133 Å². The minimum Gasteiger partial charge on any atom is -0.134 e. The first kappa shape index (κ1) is 21.8. The predicted octanol–water partition coefficient (Wildman–Crippen LogP) is 11.4. The van der Waals surface area contributed by atoms with Crippen molar-refractivity contribution in [2.24, 2.45) is 0 Å². The maximum Gasteiger partial charge on any atom is 0.0534 e. The van der Waals surface area contributed by atoms with E-state index in [1.54, 1.807) is 0 Å². The van der Waals surface area contributed by atoms with E-state index in [1.807, 2.05) is 22.7 Å². The van der Waals surface area contributed by atoms with Crippen molar-refractivity contribution in [3.05, 3.63) is 133 Å². The molecule has 6 aromatic carbocycles. The van der Waals surface area contributed by atoms with Crippen molar-refractivity contribution in [3.63, 3.8) is 0 Å². The highest BCUT2D eigenvalue weighted by Crippen LogP contribution is 2.46. The van der Waals surface area contributed by atoms with Crippen LogP contribution in [0.5, 0.6) is 0 Å². The Morgan fingerprint density at radius 3 is 1.76 bits per heavy atom. The Hall–Kier alpha value is -4.24. The Kier molecular flexibility index (Phi) is 4.97. The normalized spacial score (nSPS) is 11.7. The Morgan fingerprint density at radius 2 is 0.921 bits per heavy atom. The van der Waals surface area contributed by atoms with Gasteiger partial charge in [0.15, 0.2) is 0 Å². The maximum absolute atomic E-state index is 2.34. The van der Waals surface area contributed by atoms with Crippen LogP contribution in [-0.2, 0) is 0 Å². The van der Waals surface area contributed by atoms with Gasteiger partial charge in [-0.15, -0.1) is 22.7 Å². The van der Waals surface area contributed by atoms with Gasteiger partial charge in [-0.25, -0.2) is 0 Å². The van der Waals surface area contributed by atoms with E-state index in [9.17, 15) is 0 Å². The van der Waals surface area contributed by atoms with Gasteiger partial charge >= 0.3 is 0 Å². The first-order chi connectivity index (χ1) is 18.8. The molecule has 8 aromatic rings. The van der Waals surface area contributed by atoms with Crippen molar-refractivity contribution in [2.45, 2.75) is 0 Å². The van der Waals surface area contributed by atoms with Crippen molar-refractivity contribution < 1.29 is 0 Å². The van der Waals surface area contributed by atoms with Crippen LogP contribution in [0.3, 0.4) is 0 Å². The highest BCUT2D eigenvalue weighted by atomic mass is 32.1. The zero-order valence-corrected chi connectivity index (χ0v) is 22.2. The monoisotopic (exact) mass is 518 g/mol. The lowest BCUT2D eigenvalue weighted by molar-refractivity contribution is 1.58. The lowest BCUT2D eigenvalue weighted by Gasteiger charge is -2.09. The van der Waals surface area contributed by atoms with Gasteiger partial charge in [0.2, 0.25) is 0 Å². The molecule has 2 heteroatoms. The Bertz CT molecular complexity index is 2110. The van der Waals surface area contributed by atoms with Crippen LogP contribution in [0, 0.1) is 0 Å². The van der Waals surface area contributed by atoms with Gasteiger partial charge in [0.05, 0.1) is 9.40 Å². The Balaban J connectivity index is 1.25. The van der Waals surface area contributed by atoms with Crippen LogP contribution < -0.4 is 0 Å². The van der Waals surface area contributed by atoms with E-state index in [1.165, 1.54) is 73.7 Å². The first-order valence-electron chi connectivity index (χ1n) is 12.9. The summed E-state index contributed by atoms with van der Waals surface area (Å²) in [5.41, 5.74) is 7.53. The van der Waals surface area contributed by atoms with Crippen molar-refractivity contribution in [1.82, 2.24) is 0 Å². The minimum atomic E-state index is 1.24. The van der Waals surface area contributed by atoms with Crippen molar-refractivity contribution in [2.75, 3.05) is 0 Å². The molecule has 0 amide bonds. The zero-order chi connectivity index (χ0) is 25.1. The maximum atomic E-state index is 2.34. The molecule has 0 aliphatic heterocycles. The molecule has 2 aromatic heterocycles. The van der Waals surface area contributed by atoms with E-state index in [0.717, 1.165) is 0 Å². The van der Waals surface area contributed by atoms with Crippen molar-refractivity contribution in [3.8, 4) is 33.4 Å². The van der Waals surface area contributed by atoms with Crippen LogP contribution >= 0.6 is 22.7 Å². The fourth-order valence-corrected chi connectivity index (χ4v) is 8.22. The molecule has 0 N–H and O–H groups in total. The van der Waals surface area contributed by atoms with E-state index in [0.29, 0.717) is 0 Å². The van der Waals surface area contributed by atoms with E-state index in [2.05, 4.69) is 133 Å².